The molecule has 0 unspecified atom stereocenters. The van der Waals surface area contributed by atoms with Crippen LogP contribution in [-0.2, 0) is 4.79 Å². The van der Waals surface area contributed by atoms with Crippen molar-refractivity contribution in [1.82, 2.24) is 5.32 Å². The van der Waals surface area contributed by atoms with Crippen LogP contribution in [-0.4, -0.2) is 23.4 Å². The second-order valence-electron chi connectivity index (χ2n) is 4.98. The van der Waals surface area contributed by atoms with E-state index in [4.69, 9.17) is 4.74 Å². The number of Topliss-reactive ketones (excluding diaryl/α,β-unsaturated/α-hetero) is 1. The minimum atomic E-state index is -0.659. The fourth-order valence-corrected chi connectivity index (χ4v) is 3.16. The van der Waals surface area contributed by atoms with Gasteiger partial charge in [-0.1, -0.05) is 18.2 Å². The van der Waals surface area contributed by atoms with Crippen molar-refractivity contribution in [3.63, 3.8) is 0 Å². The number of ketones is 1. The van der Waals surface area contributed by atoms with Gasteiger partial charge in [0.2, 0.25) is 5.78 Å². The van der Waals surface area contributed by atoms with Gasteiger partial charge in [-0.2, -0.15) is 0 Å². The topological polar surface area (TPSA) is 75.6 Å². The number of nitrogens with one attached hydrogen (secondary N) is 1. The van der Waals surface area contributed by atoms with E-state index in [2.05, 4.69) is 5.32 Å². The molecule has 0 radical (unpaired) electrons. The highest BCUT2D eigenvalue weighted by Crippen LogP contribution is 2.33. The normalized spacial score (nSPS) is 17.3. The smallest absolute Gasteiger partial charge is 0.287 e. The van der Waals surface area contributed by atoms with Gasteiger partial charge in [0.15, 0.2) is 5.76 Å². The van der Waals surface area contributed by atoms with Crippen LogP contribution in [0.25, 0.3) is 0 Å². The molecule has 23 heavy (non-hydrogen) atoms. The molecule has 1 amide bonds. The lowest BCUT2D eigenvalue weighted by molar-refractivity contribution is -0.119. The number of rotatable bonds is 5. The fourth-order valence-electron chi connectivity index (χ4n) is 2.48. The molecular weight excluding hydrogens is 314 g/mol. The Morgan fingerprint density at radius 2 is 2.04 bits per heavy atom. The molecule has 2 N–H and O–H groups in total. The highest BCUT2D eigenvalue weighted by Gasteiger charge is 2.37. The molecule has 2 heterocycles. The summed E-state index contributed by atoms with van der Waals surface area (Å²) in [5, 5.41) is 14.4. The lowest BCUT2D eigenvalue weighted by Crippen LogP contribution is -2.23. The van der Waals surface area contributed by atoms with Gasteiger partial charge in [-0.3, -0.25) is 9.59 Å². The average molecular weight is 329 g/mol. The fraction of sp³-hybridized carbons (Fsp3) is 0.176. The number of hydrogen-bond acceptors (Lipinski definition) is 5. The number of amides is 1. The van der Waals surface area contributed by atoms with E-state index in [1.165, 1.54) is 11.3 Å². The Balaban J connectivity index is 1.95. The van der Waals surface area contributed by atoms with Crippen LogP contribution in [0.2, 0.25) is 0 Å². The Bertz CT molecular complexity index is 762. The number of thiophene rings is 1. The first-order chi connectivity index (χ1) is 11.1. The molecule has 1 atom stereocenters. The summed E-state index contributed by atoms with van der Waals surface area (Å²) in [5.41, 5.74) is 0.798. The number of carbonyl (C=O) groups is 2. The van der Waals surface area contributed by atoms with E-state index in [1.54, 1.807) is 41.8 Å². The molecule has 3 rings (SSSR count). The van der Waals surface area contributed by atoms with Crippen molar-refractivity contribution in [2.75, 3.05) is 6.61 Å². The Kier molecular flexibility index (Phi) is 4.16. The first kappa shape index (κ1) is 15.3. The van der Waals surface area contributed by atoms with Gasteiger partial charge in [-0.25, -0.2) is 0 Å². The molecule has 1 aliphatic rings. The predicted octanol–water partition coefficient (Wildman–Crippen LogP) is 3.01. The van der Waals surface area contributed by atoms with Crippen LogP contribution in [0.4, 0.5) is 0 Å². The van der Waals surface area contributed by atoms with E-state index in [0.717, 1.165) is 0 Å². The maximum Gasteiger partial charge on any atom is 0.287 e. The van der Waals surface area contributed by atoms with Gasteiger partial charge in [0, 0.05) is 0 Å². The quantitative estimate of drug-likeness (QED) is 0.827. The van der Waals surface area contributed by atoms with Gasteiger partial charge < -0.3 is 15.2 Å². The van der Waals surface area contributed by atoms with E-state index in [0.29, 0.717) is 22.8 Å². The second-order valence-corrected chi connectivity index (χ2v) is 5.92. The predicted molar refractivity (Wildman–Crippen MR) is 86.8 cm³/mol. The molecule has 6 heteroatoms. The Morgan fingerprint density at radius 3 is 2.65 bits per heavy atom. The summed E-state index contributed by atoms with van der Waals surface area (Å²) in [4.78, 5) is 24.9. The van der Waals surface area contributed by atoms with Gasteiger partial charge in [0.05, 0.1) is 23.1 Å². The van der Waals surface area contributed by atoms with Gasteiger partial charge >= 0.3 is 0 Å². The molecule has 118 valence electrons. The molecule has 1 aromatic heterocycles. The molecule has 0 fully saturated rings. The molecular formula is C17H15NO4S. The largest absolute Gasteiger partial charge is 0.503 e. The summed E-state index contributed by atoms with van der Waals surface area (Å²) in [5.74, 6) is -0.777. The zero-order valence-electron chi connectivity index (χ0n) is 12.4. The minimum absolute atomic E-state index is 0.0848. The maximum absolute atomic E-state index is 12.6. The van der Waals surface area contributed by atoms with Crippen molar-refractivity contribution in [2.24, 2.45) is 0 Å². The van der Waals surface area contributed by atoms with Crippen LogP contribution in [0, 0.1) is 0 Å². The molecule has 1 aromatic carbocycles. The molecule has 0 spiro atoms. The van der Waals surface area contributed by atoms with Crippen molar-refractivity contribution >= 4 is 23.0 Å². The van der Waals surface area contributed by atoms with Gasteiger partial charge in [-0.15, -0.1) is 11.3 Å². The van der Waals surface area contributed by atoms with E-state index >= 15 is 0 Å². The lowest BCUT2D eigenvalue weighted by Gasteiger charge is -2.14. The maximum atomic E-state index is 12.6. The number of aliphatic hydroxyl groups is 1. The molecule has 2 aromatic rings. The molecule has 0 saturated heterocycles. The van der Waals surface area contributed by atoms with Crippen LogP contribution >= 0.6 is 11.3 Å². The zero-order valence-corrected chi connectivity index (χ0v) is 13.2. The number of ether oxygens (including phenoxy) is 1. The number of aliphatic hydroxyl groups excluding tert-OH is 1. The van der Waals surface area contributed by atoms with Crippen LogP contribution in [0.5, 0.6) is 5.75 Å². The van der Waals surface area contributed by atoms with Crippen LogP contribution in [0.3, 0.4) is 0 Å². The van der Waals surface area contributed by atoms with E-state index in [9.17, 15) is 14.7 Å². The SMILES string of the molecule is CCOc1ccc([C@@H]2NC(=O)C(O)=C2C(=O)c2cccs2)cc1. The minimum Gasteiger partial charge on any atom is -0.503 e. The third-order valence-electron chi connectivity index (χ3n) is 3.55. The summed E-state index contributed by atoms with van der Waals surface area (Å²) >= 11 is 1.27. The third kappa shape index (κ3) is 2.85. The van der Waals surface area contributed by atoms with Gasteiger partial charge in [0.1, 0.15) is 5.75 Å². The third-order valence-corrected chi connectivity index (χ3v) is 4.42. The Morgan fingerprint density at radius 1 is 1.30 bits per heavy atom. The molecule has 0 aliphatic carbocycles. The monoisotopic (exact) mass is 329 g/mol. The van der Waals surface area contributed by atoms with E-state index < -0.39 is 17.7 Å². The van der Waals surface area contributed by atoms with Crippen LogP contribution in [0.15, 0.2) is 53.1 Å². The molecule has 5 nitrogen and oxygen atoms in total. The Labute approximate surface area is 137 Å². The van der Waals surface area contributed by atoms with Crippen LogP contribution in [0.1, 0.15) is 28.2 Å². The number of hydrogen-bond donors (Lipinski definition) is 2. The summed E-state index contributed by atoms with van der Waals surface area (Å²) in [7, 11) is 0. The van der Waals surface area contributed by atoms with Crippen molar-refractivity contribution in [3.8, 4) is 5.75 Å². The molecule has 1 aliphatic heterocycles. The van der Waals surface area contributed by atoms with Crippen molar-refractivity contribution in [2.45, 2.75) is 13.0 Å². The molecule has 0 bridgehead atoms. The van der Waals surface area contributed by atoms with E-state index in [-0.39, 0.29) is 11.4 Å². The highest BCUT2D eigenvalue weighted by atomic mass is 32.1. The standard InChI is InChI=1S/C17H15NO4S/c1-2-22-11-7-5-10(6-8-11)14-13(16(20)17(21)18-14)15(19)12-4-3-9-23-12/h3-9,14,20H,2H2,1H3,(H,18,21)/t14-/m0/s1. The second kappa shape index (κ2) is 6.26. The first-order valence-electron chi connectivity index (χ1n) is 7.16. The Hall–Kier alpha value is -2.60. The van der Waals surface area contributed by atoms with Gasteiger partial charge in [-0.05, 0) is 36.1 Å². The number of benzene rings is 1. The summed E-state index contributed by atoms with van der Waals surface area (Å²) in [6.45, 7) is 2.45. The lowest BCUT2D eigenvalue weighted by atomic mass is 9.96. The summed E-state index contributed by atoms with van der Waals surface area (Å²) in [6, 6.07) is 9.86. The highest BCUT2D eigenvalue weighted by molar-refractivity contribution is 7.12. The zero-order chi connectivity index (χ0) is 16.4. The molecule has 0 saturated carbocycles. The average Bonchev–Trinajstić information content (AvgIpc) is 3.18. The van der Waals surface area contributed by atoms with Crippen LogP contribution < -0.4 is 10.1 Å². The van der Waals surface area contributed by atoms with Crippen molar-refractivity contribution < 1.29 is 19.4 Å². The van der Waals surface area contributed by atoms with Crippen molar-refractivity contribution in [3.05, 3.63) is 63.6 Å². The van der Waals surface area contributed by atoms with Crippen molar-refractivity contribution in [1.29, 1.82) is 0 Å². The van der Waals surface area contributed by atoms with Gasteiger partial charge in [0.25, 0.3) is 5.91 Å². The van der Waals surface area contributed by atoms with E-state index in [1.807, 2.05) is 6.92 Å². The first-order valence-corrected chi connectivity index (χ1v) is 8.04. The number of carbonyl (C=O) groups excluding carboxylic acids is 2. The summed E-state index contributed by atoms with van der Waals surface area (Å²) in [6.07, 6.45) is 0. The summed E-state index contributed by atoms with van der Waals surface area (Å²) < 4.78 is 5.38.